The summed E-state index contributed by atoms with van der Waals surface area (Å²) in [6, 6.07) is 43.9. The summed E-state index contributed by atoms with van der Waals surface area (Å²) >= 11 is 0. The Bertz CT molecular complexity index is 2050. The van der Waals surface area contributed by atoms with E-state index in [9.17, 15) is 5.26 Å². The third-order valence-electron chi connectivity index (χ3n) is 7.28. The monoisotopic (exact) mass is 523 g/mol. The van der Waals surface area contributed by atoms with Gasteiger partial charge in [0.25, 0.3) is 0 Å². The molecule has 7 aromatic rings. The first-order valence-corrected chi connectivity index (χ1v) is 13.2. The van der Waals surface area contributed by atoms with Crippen LogP contribution in [0.1, 0.15) is 5.56 Å². The van der Waals surface area contributed by atoms with Gasteiger partial charge < -0.3 is 4.57 Å². The first-order chi connectivity index (χ1) is 20.2. The molecule has 41 heavy (non-hydrogen) atoms. The van der Waals surface area contributed by atoms with E-state index in [1.165, 1.54) is 0 Å². The molecule has 0 aliphatic heterocycles. The number of fused-ring (bicyclic) bond motifs is 3. The van der Waals surface area contributed by atoms with Crippen molar-refractivity contribution in [2.75, 3.05) is 0 Å². The standard InChI is InChI=1S/C36H21N5/c1-38-32-21-29(31-22-30(24-12-4-2-5-13-24)39-36(40-31)25-14-6-3-7-15-25)26(23-37)20-35(32)41-33-18-10-8-16-27(33)28-17-9-11-19-34(28)41/h2-22H. The van der Waals surface area contributed by atoms with Crippen molar-refractivity contribution in [2.24, 2.45) is 0 Å². The molecule has 0 radical (unpaired) electrons. The van der Waals surface area contributed by atoms with Crippen LogP contribution in [0.2, 0.25) is 0 Å². The van der Waals surface area contributed by atoms with Crippen molar-refractivity contribution in [2.45, 2.75) is 0 Å². The van der Waals surface area contributed by atoms with Crippen molar-refractivity contribution in [3.8, 4) is 45.7 Å². The molecule has 0 saturated heterocycles. The summed E-state index contributed by atoms with van der Waals surface area (Å²) in [4.78, 5) is 13.7. The molecule has 0 unspecified atom stereocenters. The summed E-state index contributed by atoms with van der Waals surface area (Å²) in [5.41, 5.74) is 7.25. The average molecular weight is 524 g/mol. The van der Waals surface area contributed by atoms with Crippen molar-refractivity contribution in [1.82, 2.24) is 14.5 Å². The van der Waals surface area contributed by atoms with Crippen LogP contribution in [0, 0.1) is 17.9 Å². The molecule has 5 aromatic carbocycles. The Morgan fingerprint density at radius 2 is 1.20 bits per heavy atom. The van der Waals surface area contributed by atoms with Gasteiger partial charge >= 0.3 is 0 Å². The minimum absolute atomic E-state index is 0.436. The maximum absolute atomic E-state index is 10.4. The Labute approximate surface area is 237 Å². The quantitative estimate of drug-likeness (QED) is 0.216. The Morgan fingerprint density at radius 3 is 1.80 bits per heavy atom. The van der Waals surface area contributed by atoms with Gasteiger partial charge in [-0.15, -0.1) is 0 Å². The number of rotatable bonds is 4. The third kappa shape index (κ3) is 4.10. The molecule has 0 fully saturated rings. The highest BCUT2D eigenvalue weighted by molar-refractivity contribution is 6.09. The molecular formula is C36H21N5. The number of nitriles is 1. The van der Waals surface area contributed by atoms with Crippen molar-refractivity contribution < 1.29 is 0 Å². The molecule has 0 N–H and O–H groups in total. The molecule has 5 heteroatoms. The number of para-hydroxylation sites is 2. The maximum atomic E-state index is 10.4. The molecule has 2 heterocycles. The van der Waals surface area contributed by atoms with Crippen LogP contribution in [0.3, 0.4) is 0 Å². The fourth-order valence-electron chi connectivity index (χ4n) is 5.39. The first kappa shape index (κ1) is 24.0. The lowest BCUT2D eigenvalue weighted by Gasteiger charge is -2.15. The van der Waals surface area contributed by atoms with E-state index in [-0.39, 0.29) is 0 Å². The molecule has 0 aliphatic carbocycles. The zero-order chi connectivity index (χ0) is 27.8. The van der Waals surface area contributed by atoms with Gasteiger partial charge in [0.1, 0.15) is 0 Å². The number of hydrogen-bond acceptors (Lipinski definition) is 3. The van der Waals surface area contributed by atoms with Crippen LogP contribution in [-0.4, -0.2) is 14.5 Å². The summed E-state index contributed by atoms with van der Waals surface area (Å²) < 4.78 is 2.08. The second-order valence-corrected chi connectivity index (χ2v) is 9.67. The average Bonchev–Trinajstić information content (AvgIpc) is 3.39. The summed E-state index contributed by atoms with van der Waals surface area (Å²) in [6.07, 6.45) is 0. The normalized spacial score (nSPS) is 10.9. The van der Waals surface area contributed by atoms with Gasteiger partial charge in [0.05, 0.1) is 46.3 Å². The van der Waals surface area contributed by atoms with Gasteiger partial charge in [-0.25, -0.2) is 14.8 Å². The molecule has 0 amide bonds. The Kier molecular flexibility index (Phi) is 5.82. The van der Waals surface area contributed by atoms with Crippen LogP contribution in [-0.2, 0) is 0 Å². The number of nitrogens with zero attached hydrogens (tertiary/aromatic N) is 5. The van der Waals surface area contributed by atoms with E-state index in [1.54, 1.807) is 6.07 Å². The zero-order valence-corrected chi connectivity index (χ0v) is 21.9. The predicted octanol–water partition coefficient (Wildman–Crippen LogP) is 9.00. The highest BCUT2D eigenvalue weighted by atomic mass is 15.0. The highest BCUT2D eigenvalue weighted by Crippen LogP contribution is 2.39. The summed E-state index contributed by atoms with van der Waals surface area (Å²) in [5.74, 6) is 0.557. The van der Waals surface area contributed by atoms with Crippen LogP contribution in [0.25, 0.3) is 66.2 Å². The van der Waals surface area contributed by atoms with Gasteiger partial charge in [-0.2, -0.15) is 5.26 Å². The number of benzene rings is 5. The molecule has 7 rings (SSSR count). The lowest BCUT2D eigenvalue weighted by Crippen LogP contribution is -1.99. The van der Waals surface area contributed by atoms with Gasteiger partial charge in [0.2, 0.25) is 5.69 Å². The highest BCUT2D eigenvalue weighted by Gasteiger charge is 2.20. The van der Waals surface area contributed by atoms with E-state index >= 15 is 0 Å². The van der Waals surface area contributed by atoms with E-state index in [2.05, 4.69) is 27.6 Å². The van der Waals surface area contributed by atoms with Crippen LogP contribution >= 0.6 is 0 Å². The fraction of sp³-hybridized carbons (Fsp3) is 0. The smallest absolute Gasteiger partial charge is 0.211 e. The van der Waals surface area contributed by atoms with Crippen molar-refractivity contribution in [3.63, 3.8) is 0 Å². The Balaban J connectivity index is 1.49. The van der Waals surface area contributed by atoms with E-state index in [4.69, 9.17) is 16.5 Å². The lowest BCUT2D eigenvalue weighted by atomic mass is 10.0. The van der Waals surface area contributed by atoms with E-state index in [0.29, 0.717) is 34.0 Å². The van der Waals surface area contributed by atoms with Crippen LogP contribution < -0.4 is 0 Å². The number of hydrogen-bond donors (Lipinski definition) is 0. The van der Waals surface area contributed by atoms with Crippen LogP contribution in [0.5, 0.6) is 0 Å². The molecule has 0 bridgehead atoms. The fourth-order valence-corrected chi connectivity index (χ4v) is 5.39. The van der Waals surface area contributed by atoms with Gasteiger partial charge in [-0.05, 0) is 30.3 Å². The van der Waals surface area contributed by atoms with E-state index in [0.717, 1.165) is 38.6 Å². The molecular weight excluding hydrogens is 502 g/mol. The van der Waals surface area contributed by atoms with Crippen LogP contribution in [0.4, 0.5) is 5.69 Å². The summed E-state index contributed by atoms with van der Waals surface area (Å²) in [5, 5.41) is 12.6. The van der Waals surface area contributed by atoms with E-state index in [1.807, 2.05) is 109 Å². The molecule has 5 nitrogen and oxygen atoms in total. The number of aromatic nitrogens is 3. The third-order valence-corrected chi connectivity index (χ3v) is 7.28. The molecule has 0 aliphatic rings. The Morgan fingerprint density at radius 1 is 0.634 bits per heavy atom. The second kappa shape index (κ2) is 9.93. The molecule has 2 aromatic heterocycles. The molecule has 0 atom stereocenters. The first-order valence-electron chi connectivity index (χ1n) is 13.2. The predicted molar refractivity (Wildman–Crippen MR) is 164 cm³/mol. The van der Waals surface area contributed by atoms with Crippen molar-refractivity contribution >= 4 is 27.5 Å². The Hall–Kier alpha value is -6.04. The summed E-state index contributed by atoms with van der Waals surface area (Å²) in [7, 11) is 0. The van der Waals surface area contributed by atoms with E-state index < -0.39 is 0 Å². The zero-order valence-electron chi connectivity index (χ0n) is 21.9. The minimum atomic E-state index is 0.436. The van der Waals surface area contributed by atoms with Crippen LogP contribution in [0.15, 0.2) is 127 Å². The maximum Gasteiger partial charge on any atom is 0.211 e. The second-order valence-electron chi connectivity index (χ2n) is 9.67. The minimum Gasteiger partial charge on any atom is -0.319 e. The van der Waals surface area contributed by atoms with Crippen molar-refractivity contribution in [1.29, 1.82) is 5.26 Å². The topological polar surface area (TPSA) is 58.9 Å². The molecule has 0 spiro atoms. The van der Waals surface area contributed by atoms with Gasteiger partial charge in [-0.3, -0.25) is 0 Å². The molecule has 190 valence electrons. The molecule has 0 saturated carbocycles. The van der Waals surface area contributed by atoms with Gasteiger partial charge in [0.15, 0.2) is 5.82 Å². The van der Waals surface area contributed by atoms with Gasteiger partial charge in [0, 0.05) is 27.5 Å². The summed E-state index contributed by atoms with van der Waals surface area (Å²) in [6.45, 7) is 8.14. The van der Waals surface area contributed by atoms with Gasteiger partial charge in [-0.1, -0.05) is 97.1 Å². The lowest BCUT2D eigenvalue weighted by molar-refractivity contribution is 1.17. The largest absolute Gasteiger partial charge is 0.319 e. The van der Waals surface area contributed by atoms with Crippen molar-refractivity contribution in [3.05, 3.63) is 144 Å². The SMILES string of the molecule is [C-]#[N+]c1cc(-c2cc(-c3ccccc3)nc(-c3ccccc3)n2)c(C#N)cc1-n1c2ccccc2c2ccccc21.